The Hall–Kier alpha value is -1.89. The van der Waals surface area contributed by atoms with Crippen LogP contribution in [0, 0.1) is 0 Å². The molecule has 30 heavy (non-hydrogen) atoms. The van der Waals surface area contributed by atoms with E-state index in [-0.39, 0.29) is 19.3 Å². The summed E-state index contributed by atoms with van der Waals surface area (Å²) in [5.41, 5.74) is 0. The minimum atomic E-state index is -0.841. The molecule has 0 spiro atoms. The quantitative estimate of drug-likeness (QED) is 0.139. The fraction of sp³-hybridized carbons (Fsp3) is 0.783. The number of quaternary nitrogens is 1. The molecule has 0 saturated heterocycles. The zero-order valence-corrected chi connectivity index (χ0v) is 18.7. The van der Waals surface area contributed by atoms with Crippen molar-refractivity contribution in [1.82, 2.24) is 0 Å². The van der Waals surface area contributed by atoms with Crippen molar-refractivity contribution in [3.05, 3.63) is 12.2 Å². The van der Waals surface area contributed by atoms with Crippen LogP contribution in [0.2, 0.25) is 0 Å². The summed E-state index contributed by atoms with van der Waals surface area (Å²) in [6, 6.07) is 0. The molecule has 0 rings (SSSR count). The number of rotatable bonds is 21. The standard InChI is InChI=1S/C23H41NO6/c1-2-3-4-5-6-7-8-9-10-17-24(18-11-14-21(25)26,19-12-15-22(27)28)20-13-16-23(29)30/h8-9H,2-7,10-20H2,1H3,(H2-,25,26,27,28,29,30)/p+1/b9-8+. The molecule has 0 aromatic heterocycles. The van der Waals surface area contributed by atoms with Crippen LogP contribution in [0.4, 0.5) is 0 Å². The third-order valence-corrected chi connectivity index (χ3v) is 5.48. The van der Waals surface area contributed by atoms with E-state index in [9.17, 15) is 14.4 Å². The molecule has 0 saturated carbocycles. The highest BCUT2D eigenvalue weighted by Gasteiger charge is 2.26. The van der Waals surface area contributed by atoms with Crippen LogP contribution >= 0.6 is 0 Å². The molecule has 7 nitrogen and oxygen atoms in total. The van der Waals surface area contributed by atoms with E-state index in [0.29, 0.717) is 43.4 Å². The monoisotopic (exact) mass is 428 g/mol. The number of unbranched alkanes of at least 4 members (excludes halogenated alkanes) is 5. The maximum atomic E-state index is 10.9. The maximum Gasteiger partial charge on any atom is 0.303 e. The Morgan fingerprint density at radius 3 is 1.47 bits per heavy atom. The molecule has 174 valence electrons. The summed E-state index contributed by atoms with van der Waals surface area (Å²) in [6.45, 7) is 4.89. The number of allylic oxidation sites excluding steroid dienone is 1. The molecule has 0 aliphatic heterocycles. The molecule has 0 aliphatic rings. The lowest BCUT2D eigenvalue weighted by Crippen LogP contribution is -2.51. The maximum absolute atomic E-state index is 10.9. The molecular formula is C23H42NO6+. The van der Waals surface area contributed by atoms with Gasteiger partial charge in [-0.1, -0.05) is 44.8 Å². The van der Waals surface area contributed by atoms with Gasteiger partial charge in [-0.25, -0.2) is 0 Å². The number of nitrogens with zero attached hydrogens (tertiary/aromatic N) is 1. The van der Waals surface area contributed by atoms with Gasteiger partial charge in [-0.15, -0.1) is 0 Å². The third-order valence-electron chi connectivity index (χ3n) is 5.48. The van der Waals surface area contributed by atoms with E-state index in [4.69, 9.17) is 15.3 Å². The first kappa shape index (κ1) is 28.1. The van der Waals surface area contributed by atoms with Crippen LogP contribution in [0.25, 0.3) is 0 Å². The van der Waals surface area contributed by atoms with E-state index in [0.717, 1.165) is 19.4 Å². The van der Waals surface area contributed by atoms with Crippen molar-refractivity contribution in [2.24, 2.45) is 0 Å². The molecule has 0 fully saturated rings. The van der Waals surface area contributed by atoms with Crippen LogP contribution in [0.1, 0.15) is 90.4 Å². The van der Waals surface area contributed by atoms with Crippen molar-refractivity contribution < 1.29 is 34.2 Å². The van der Waals surface area contributed by atoms with E-state index in [1.54, 1.807) is 0 Å². The number of aliphatic carboxylic acids is 3. The third kappa shape index (κ3) is 17.0. The summed E-state index contributed by atoms with van der Waals surface area (Å²) >= 11 is 0. The Morgan fingerprint density at radius 2 is 1.03 bits per heavy atom. The number of carboxylic acids is 3. The average Bonchev–Trinajstić information content (AvgIpc) is 2.65. The molecule has 0 aromatic carbocycles. The van der Waals surface area contributed by atoms with E-state index in [1.165, 1.54) is 32.1 Å². The molecule has 7 heteroatoms. The summed E-state index contributed by atoms with van der Waals surface area (Å²) in [5, 5.41) is 27.0. The SMILES string of the molecule is CCCCCCC/C=C/CC[N+](CCCC(=O)O)(CCCC(=O)O)CCCC(=O)O. The Balaban J connectivity index is 4.81. The number of hydrogen-bond acceptors (Lipinski definition) is 3. The van der Waals surface area contributed by atoms with Crippen molar-refractivity contribution >= 4 is 17.9 Å². The first-order valence-corrected chi connectivity index (χ1v) is 11.5. The van der Waals surface area contributed by atoms with Gasteiger partial charge in [0.1, 0.15) is 0 Å². The van der Waals surface area contributed by atoms with Gasteiger partial charge in [-0.05, 0) is 12.8 Å². The zero-order valence-electron chi connectivity index (χ0n) is 18.7. The lowest BCUT2D eigenvalue weighted by atomic mass is 10.1. The molecule has 0 aliphatic carbocycles. The predicted molar refractivity (Wildman–Crippen MR) is 117 cm³/mol. The van der Waals surface area contributed by atoms with E-state index in [1.807, 2.05) is 0 Å². The van der Waals surface area contributed by atoms with Gasteiger partial charge < -0.3 is 19.8 Å². The van der Waals surface area contributed by atoms with Gasteiger partial charge in [-0.2, -0.15) is 0 Å². The summed E-state index contributed by atoms with van der Waals surface area (Å²) in [4.78, 5) is 32.8. The molecular weight excluding hydrogens is 386 g/mol. The molecule has 0 aromatic rings. The normalized spacial score (nSPS) is 11.8. The predicted octanol–water partition coefficient (Wildman–Crippen LogP) is 4.70. The summed E-state index contributed by atoms with van der Waals surface area (Å²) < 4.78 is 0.592. The van der Waals surface area contributed by atoms with Crippen LogP contribution in [-0.4, -0.2) is 63.9 Å². The molecule has 0 heterocycles. The van der Waals surface area contributed by atoms with Crippen molar-refractivity contribution in [2.45, 2.75) is 90.4 Å². The zero-order chi connectivity index (χ0) is 22.7. The lowest BCUT2D eigenvalue weighted by Gasteiger charge is -2.39. The van der Waals surface area contributed by atoms with Crippen LogP contribution in [0.15, 0.2) is 12.2 Å². The highest BCUT2D eigenvalue weighted by molar-refractivity contribution is 5.67. The van der Waals surface area contributed by atoms with Gasteiger partial charge in [0.05, 0.1) is 45.4 Å². The van der Waals surface area contributed by atoms with E-state index >= 15 is 0 Å². The molecule has 0 atom stereocenters. The van der Waals surface area contributed by atoms with Crippen molar-refractivity contribution in [2.75, 3.05) is 26.2 Å². The first-order chi connectivity index (χ1) is 14.3. The average molecular weight is 429 g/mol. The van der Waals surface area contributed by atoms with Crippen molar-refractivity contribution in [1.29, 1.82) is 0 Å². The number of carbonyl (C=O) groups is 3. The fourth-order valence-electron chi connectivity index (χ4n) is 3.82. The van der Waals surface area contributed by atoms with Crippen molar-refractivity contribution in [3.8, 4) is 0 Å². The molecule has 0 bridgehead atoms. The van der Waals surface area contributed by atoms with Crippen LogP contribution in [0.5, 0.6) is 0 Å². The summed E-state index contributed by atoms with van der Waals surface area (Å²) in [7, 11) is 0. The lowest BCUT2D eigenvalue weighted by molar-refractivity contribution is -0.928. The van der Waals surface area contributed by atoms with Crippen LogP contribution in [0.3, 0.4) is 0 Å². The molecule has 0 amide bonds. The molecule has 3 N–H and O–H groups in total. The Kier molecular flexibility index (Phi) is 16.8. The first-order valence-electron chi connectivity index (χ1n) is 11.5. The van der Waals surface area contributed by atoms with Gasteiger partial charge in [0.25, 0.3) is 0 Å². The minimum Gasteiger partial charge on any atom is -0.481 e. The highest BCUT2D eigenvalue weighted by atomic mass is 16.4. The van der Waals surface area contributed by atoms with Gasteiger partial charge in [0.15, 0.2) is 0 Å². The topological polar surface area (TPSA) is 112 Å². The highest BCUT2D eigenvalue weighted by Crippen LogP contribution is 2.17. The second-order valence-electron chi connectivity index (χ2n) is 8.19. The van der Waals surface area contributed by atoms with E-state index in [2.05, 4.69) is 19.1 Å². The largest absolute Gasteiger partial charge is 0.481 e. The van der Waals surface area contributed by atoms with Gasteiger partial charge in [-0.3, -0.25) is 14.4 Å². The van der Waals surface area contributed by atoms with Crippen molar-refractivity contribution in [3.63, 3.8) is 0 Å². The van der Waals surface area contributed by atoms with Gasteiger partial charge >= 0.3 is 17.9 Å². The van der Waals surface area contributed by atoms with Crippen LogP contribution < -0.4 is 0 Å². The second kappa shape index (κ2) is 17.9. The second-order valence-corrected chi connectivity index (χ2v) is 8.19. The number of hydrogen-bond donors (Lipinski definition) is 3. The number of carboxylic acid groups (broad SMARTS) is 3. The Labute approximate surface area is 181 Å². The Bertz CT molecular complexity index is 468. The Morgan fingerprint density at radius 1 is 0.600 bits per heavy atom. The summed E-state index contributed by atoms with van der Waals surface area (Å²) in [5.74, 6) is -2.52. The summed E-state index contributed by atoms with van der Waals surface area (Å²) in [6.07, 6.45) is 14.2. The van der Waals surface area contributed by atoms with Gasteiger partial charge in [0.2, 0.25) is 0 Å². The van der Waals surface area contributed by atoms with Gasteiger partial charge in [0, 0.05) is 25.7 Å². The van der Waals surface area contributed by atoms with E-state index < -0.39 is 17.9 Å². The smallest absolute Gasteiger partial charge is 0.303 e. The fourth-order valence-corrected chi connectivity index (χ4v) is 3.82. The minimum absolute atomic E-state index is 0.0749. The molecule has 0 radical (unpaired) electrons. The van der Waals surface area contributed by atoms with Crippen LogP contribution in [-0.2, 0) is 14.4 Å². The molecule has 0 unspecified atom stereocenters.